The van der Waals surface area contributed by atoms with Crippen LogP contribution in [-0.2, 0) is 0 Å². The summed E-state index contributed by atoms with van der Waals surface area (Å²) in [7, 11) is 0. The number of hydrogen-bond donors (Lipinski definition) is 1. The van der Waals surface area contributed by atoms with E-state index in [-0.39, 0.29) is 16.9 Å². The third-order valence-corrected chi connectivity index (χ3v) is 8.86. The molecule has 4 rings (SSSR count). The minimum absolute atomic E-state index is 0.141. The number of aliphatic hydroxyl groups excluding tert-OH is 1. The Balaban J connectivity index is 1.63. The second-order valence-electron chi connectivity index (χ2n) is 9.85. The molecule has 0 amide bonds. The van der Waals surface area contributed by atoms with E-state index in [4.69, 9.17) is 0 Å². The minimum Gasteiger partial charge on any atom is -0.393 e. The van der Waals surface area contributed by atoms with Gasteiger partial charge in [-0.3, -0.25) is 0 Å². The molecule has 3 fully saturated rings. The molecule has 4 aliphatic rings. The first-order valence-corrected chi connectivity index (χ1v) is 10.2. The lowest BCUT2D eigenvalue weighted by Gasteiger charge is -2.58. The maximum atomic E-state index is 13.3. The summed E-state index contributed by atoms with van der Waals surface area (Å²) in [6.45, 7) is 7.93. The molecule has 1 N–H and O–H groups in total. The molecule has 4 unspecified atom stereocenters. The molecule has 0 aromatic carbocycles. The second kappa shape index (κ2) is 5.86. The molecule has 26 heavy (non-hydrogen) atoms. The Bertz CT molecular complexity index is 636. The zero-order chi connectivity index (χ0) is 18.9. The van der Waals surface area contributed by atoms with Crippen molar-refractivity contribution < 1.29 is 18.3 Å². The van der Waals surface area contributed by atoms with E-state index < -0.39 is 17.7 Å². The second-order valence-corrected chi connectivity index (χ2v) is 9.85. The van der Waals surface area contributed by atoms with E-state index in [0.29, 0.717) is 24.2 Å². The predicted octanol–water partition coefficient (Wildman–Crippen LogP) is 6.04. The fraction of sp³-hybridized carbons (Fsp3) is 0.818. The van der Waals surface area contributed by atoms with Gasteiger partial charge in [0.05, 0.1) is 6.10 Å². The van der Waals surface area contributed by atoms with Crippen LogP contribution in [0.4, 0.5) is 13.2 Å². The Morgan fingerprint density at radius 2 is 1.85 bits per heavy atom. The van der Waals surface area contributed by atoms with Gasteiger partial charge in [-0.15, -0.1) is 0 Å². The summed E-state index contributed by atoms with van der Waals surface area (Å²) in [6.07, 6.45) is 4.91. The topological polar surface area (TPSA) is 20.2 Å². The lowest BCUT2D eigenvalue weighted by Crippen LogP contribution is -2.50. The molecule has 0 aliphatic heterocycles. The molecule has 4 aliphatic carbocycles. The molecule has 0 radical (unpaired) electrons. The molecule has 7 atom stereocenters. The van der Waals surface area contributed by atoms with Crippen LogP contribution in [0.25, 0.3) is 0 Å². The number of aliphatic hydroxyl groups is 1. The summed E-state index contributed by atoms with van der Waals surface area (Å²) in [5.74, 6) is 1.00. The van der Waals surface area contributed by atoms with Crippen LogP contribution >= 0.6 is 0 Å². The smallest absolute Gasteiger partial charge is 0.393 e. The first-order chi connectivity index (χ1) is 12.1. The molecule has 0 aromatic heterocycles. The summed E-state index contributed by atoms with van der Waals surface area (Å²) in [4.78, 5) is 0. The Morgan fingerprint density at radius 3 is 2.54 bits per heavy atom. The van der Waals surface area contributed by atoms with Crippen molar-refractivity contribution in [3.63, 3.8) is 0 Å². The van der Waals surface area contributed by atoms with Crippen molar-refractivity contribution in [2.75, 3.05) is 0 Å². The van der Waals surface area contributed by atoms with Crippen molar-refractivity contribution in [2.24, 2.45) is 34.5 Å². The molecule has 1 nitrogen and oxygen atoms in total. The lowest BCUT2D eigenvalue weighted by molar-refractivity contribution is -0.111. The van der Waals surface area contributed by atoms with Gasteiger partial charge >= 0.3 is 6.18 Å². The van der Waals surface area contributed by atoms with E-state index in [1.807, 2.05) is 0 Å². The van der Waals surface area contributed by atoms with Crippen LogP contribution in [-0.4, -0.2) is 17.4 Å². The molecule has 0 heterocycles. The summed E-state index contributed by atoms with van der Waals surface area (Å²) in [5, 5.41) is 10.1. The van der Waals surface area contributed by atoms with Crippen LogP contribution in [0.3, 0.4) is 0 Å². The van der Waals surface area contributed by atoms with Crippen molar-refractivity contribution >= 4 is 0 Å². The van der Waals surface area contributed by atoms with E-state index in [9.17, 15) is 18.3 Å². The SMILES string of the molecule is C=C([C@H]1CCC2C3CC=C4CC(O)CC[C@]4(C)C3CC[C@@]21C)C(F)(F)F. The Labute approximate surface area is 154 Å². The standard InChI is InChI=1S/C22H31F3O/c1-13(22(23,24)25)17-6-7-18-16-5-4-14-12-15(26)8-10-20(14,2)19(16)9-11-21(17,18)3/h4,15-19,26H,1,5-12H2,2-3H3/t15?,16?,17-,18?,19?,20+,21-/m1/s1. The largest absolute Gasteiger partial charge is 0.412 e. The van der Waals surface area contributed by atoms with Crippen LogP contribution in [0.5, 0.6) is 0 Å². The third kappa shape index (κ3) is 2.54. The van der Waals surface area contributed by atoms with Crippen molar-refractivity contribution in [2.45, 2.75) is 77.5 Å². The van der Waals surface area contributed by atoms with Gasteiger partial charge < -0.3 is 5.11 Å². The van der Waals surface area contributed by atoms with Crippen LogP contribution in [0.15, 0.2) is 23.8 Å². The quantitative estimate of drug-likeness (QED) is 0.559. The highest BCUT2D eigenvalue weighted by Gasteiger charge is 2.60. The van der Waals surface area contributed by atoms with Crippen molar-refractivity contribution in [1.29, 1.82) is 0 Å². The molecule has 146 valence electrons. The van der Waals surface area contributed by atoms with E-state index in [2.05, 4.69) is 26.5 Å². The monoisotopic (exact) mass is 368 g/mol. The Morgan fingerprint density at radius 1 is 1.12 bits per heavy atom. The van der Waals surface area contributed by atoms with Gasteiger partial charge in [0.25, 0.3) is 0 Å². The lowest BCUT2D eigenvalue weighted by atomic mass is 9.47. The Hall–Kier alpha value is -0.770. The first kappa shape index (κ1) is 18.6. The van der Waals surface area contributed by atoms with Crippen molar-refractivity contribution in [1.82, 2.24) is 0 Å². The molecule has 0 bridgehead atoms. The van der Waals surface area contributed by atoms with Crippen LogP contribution < -0.4 is 0 Å². The van der Waals surface area contributed by atoms with E-state index in [0.717, 1.165) is 44.9 Å². The van der Waals surface area contributed by atoms with Gasteiger partial charge in [-0.25, -0.2) is 0 Å². The number of alkyl halides is 3. The highest BCUT2D eigenvalue weighted by molar-refractivity contribution is 5.26. The normalized spacial score (nSPS) is 48.2. The summed E-state index contributed by atoms with van der Waals surface area (Å²) >= 11 is 0. The number of halogens is 3. The van der Waals surface area contributed by atoms with Gasteiger partial charge in [0.1, 0.15) is 0 Å². The number of hydrogen-bond acceptors (Lipinski definition) is 1. The van der Waals surface area contributed by atoms with E-state index in [1.54, 1.807) is 0 Å². The van der Waals surface area contributed by atoms with E-state index in [1.165, 1.54) is 5.57 Å². The molecule has 0 aromatic rings. The van der Waals surface area contributed by atoms with Gasteiger partial charge in [-0.2, -0.15) is 13.2 Å². The maximum Gasteiger partial charge on any atom is 0.412 e. The average molecular weight is 368 g/mol. The average Bonchev–Trinajstić information content (AvgIpc) is 2.91. The fourth-order valence-corrected chi connectivity index (χ4v) is 7.41. The van der Waals surface area contributed by atoms with E-state index >= 15 is 0 Å². The number of rotatable bonds is 1. The van der Waals surface area contributed by atoms with Crippen LogP contribution in [0.2, 0.25) is 0 Å². The van der Waals surface area contributed by atoms with Gasteiger partial charge in [0, 0.05) is 5.57 Å². The summed E-state index contributed by atoms with van der Waals surface area (Å²) in [5.41, 5.74) is 0.794. The minimum atomic E-state index is -4.27. The predicted molar refractivity (Wildman–Crippen MR) is 96.4 cm³/mol. The maximum absolute atomic E-state index is 13.3. The van der Waals surface area contributed by atoms with Gasteiger partial charge in [-0.1, -0.05) is 32.1 Å². The first-order valence-electron chi connectivity index (χ1n) is 10.2. The Kier molecular flexibility index (Phi) is 4.19. The number of allylic oxidation sites excluding steroid dienone is 2. The molecule has 0 spiro atoms. The molecular formula is C22H31F3O. The fourth-order valence-electron chi connectivity index (χ4n) is 7.41. The third-order valence-electron chi connectivity index (χ3n) is 8.86. The van der Waals surface area contributed by atoms with Gasteiger partial charge in [0.15, 0.2) is 0 Å². The van der Waals surface area contributed by atoms with Crippen molar-refractivity contribution in [3.05, 3.63) is 23.8 Å². The molecule has 3 saturated carbocycles. The molecular weight excluding hydrogens is 337 g/mol. The van der Waals surface area contributed by atoms with Crippen LogP contribution in [0, 0.1) is 34.5 Å². The van der Waals surface area contributed by atoms with Crippen LogP contribution in [0.1, 0.15) is 65.2 Å². The highest BCUT2D eigenvalue weighted by atomic mass is 19.4. The molecule has 4 heteroatoms. The highest BCUT2D eigenvalue weighted by Crippen LogP contribution is 2.67. The molecule has 0 saturated heterocycles. The number of fused-ring (bicyclic) bond motifs is 5. The van der Waals surface area contributed by atoms with Crippen molar-refractivity contribution in [3.8, 4) is 0 Å². The zero-order valence-electron chi connectivity index (χ0n) is 15.9. The zero-order valence-corrected chi connectivity index (χ0v) is 15.9. The summed E-state index contributed by atoms with van der Waals surface area (Å²) in [6, 6.07) is 0. The summed E-state index contributed by atoms with van der Waals surface area (Å²) < 4.78 is 40.0. The van der Waals surface area contributed by atoms with Gasteiger partial charge in [-0.05, 0) is 85.9 Å². The van der Waals surface area contributed by atoms with Gasteiger partial charge in [0.2, 0.25) is 0 Å².